The number of urea groups is 1. The Kier molecular flexibility index (Phi) is 5.06. The monoisotopic (exact) mass is 403 g/mol. The van der Waals surface area contributed by atoms with E-state index in [1.54, 1.807) is 11.8 Å². The van der Waals surface area contributed by atoms with Crippen LogP contribution in [0.2, 0.25) is 0 Å². The maximum Gasteiger partial charge on any atom is 0.325 e. The van der Waals surface area contributed by atoms with Crippen LogP contribution in [0.5, 0.6) is 0 Å². The van der Waals surface area contributed by atoms with Gasteiger partial charge in [0.15, 0.2) is 0 Å². The summed E-state index contributed by atoms with van der Waals surface area (Å²) in [6.45, 7) is 2.69. The third kappa shape index (κ3) is 3.61. The van der Waals surface area contributed by atoms with E-state index in [2.05, 4.69) is 5.32 Å². The number of morpholine rings is 1. The van der Waals surface area contributed by atoms with Gasteiger partial charge in [-0.05, 0) is 37.5 Å². The predicted molar refractivity (Wildman–Crippen MR) is 102 cm³/mol. The SMILES string of the molecule is CC1(c2ccc(F)cc2)NC(=O)N(CC(=O)N2CCOC3(CCCCC3)C2)C1=O. The number of benzene rings is 1. The molecule has 1 unspecified atom stereocenters. The van der Waals surface area contributed by atoms with Crippen LogP contribution >= 0.6 is 0 Å². The van der Waals surface area contributed by atoms with E-state index < -0.39 is 23.3 Å². The molecule has 0 aromatic heterocycles. The molecule has 1 N–H and O–H groups in total. The Morgan fingerprint density at radius 1 is 1.17 bits per heavy atom. The number of carbonyl (C=O) groups is 3. The summed E-state index contributed by atoms with van der Waals surface area (Å²) in [5.74, 6) is -1.20. The van der Waals surface area contributed by atoms with Crippen LogP contribution in [0.3, 0.4) is 0 Å². The molecule has 29 heavy (non-hydrogen) atoms. The van der Waals surface area contributed by atoms with Crippen molar-refractivity contribution in [3.8, 4) is 0 Å². The van der Waals surface area contributed by atoms with Crippen molar-refractivity contribution in [3.63, 3.8) is 0 Å². The Bertz CT molecular complexity index is 816. The van der Waals surface area contributed by atoms with Crippen molar-refractivity contribution in [2.24, 2.45) is 0 Å². The molecule has 2 saturated heterocycles. The summed E-state index contributed by atoms with van der Waals surface area (Å²) in [7, 11) is 0. The van der Waals surface area contributed by atoms with Crippen LogP contribution in [0.25, 0.3) is 0 Å². The standard InChI is InChI=1S/C21H26FN3O4/c1-20(15-5-7-16(22)8-6-15)18(27)25(19(28)23-20)13-17(26)24-11-12-29-21(14-24)9-3-2-4-10-21/h5-8H,2-4,9-14H2,1H3,(H,23,28). The van der Waals surface area contributed by atoms with E-state index in [-0.39, 0.29) is 18.1 Å². The molecular formula is C21H26FN3O4. The molecule has 2 aliphatic heterocycles. The van der Waals surface area contributed by atoms with Crippen molar-refractivity contribution >= 4 is 17.8 Å². The minimum atomic E-state index is -1.32. The summed E-state index contributed by atoms with van der Waals surface area (Å²) in [4.78, 5) is 41.0. The molecule has 0 bridgehead atoms. The molecule has 1 saturated carbocycles. The van der Waals surface area contributed by atoms with Gasteiger partial charge < -0.3 is 15.0 Å². The maximum atomic E-state index is 13.2. The van der Waals surface area contributed by atoms with Crippen molar-refractivity contribution < 1.29 is 23.5 Å². The molecule has 7 nitrogen and oxygen atoms in total. The summed E-state index contributed by atoms with van der Waals surface area (Å²) < 4.78 is 19.2. The Morgan fingerprint density at radius 2 is 1.86 bits per heavy atom. The maximum absolute atomic E-state index is 13.2. The number of halogens is 1. The van der Waals surface area contributed by atoms with Gasteiger partial charge >= 0.3 is 6.03 Å². The van der Waals surface area contributed by atoms with Crippen LogP contribution in [0.1, 0.15) is 44.6 Å². The van der Waals surface area contributed by atoms with E-state index in [0.29, 0.717) is 25.3 Å². The normalized spacial score (nSPS) is 26.7. The minimum Gasteiger partial charge on any atom is -0.371 e. The summed E-state index contributed by atoms with van der Waals surface area (Å²) in [6.07, 6.45) is 5.23. The van der Waals surface area contributed by atoms with Gasteiger partial charge in [0, 0.05) is 13.1 Å². The molecule has 1 atom stereocenters. The van der Waals surface area contributed by atoms with Crippen LogP contribution in [0.4, 0.5) is 9.18 Å². The fourth-order valence-electron chi connectivity index (χ4n) is 4.61. The molecule has 1 spiro atoms. The fraction of sp³-hybridized carbons (Fsp3) is 0.571. The fourth-order valence-corrected chi connectivity index (χ4v) is 4.61. The van der Waals surface area contributed by atoms with E-state index >= 15 is 0 Å². The minimum absolute atomic E-state index is 0.259. The second-order valence-electron chi connectivity index (χ2n) is 8.36. The zero-order chi connectivity index (χ0) is 20.6. The van der Waals surface area contributed by atoms with Crippen LogP contribution in [-0.2, 0) is 19.9 Å². The molecule has 0 radical (unpaired) electrons. The van der Waals surface area contributed by atoms with Gasteiger partial charge in [0.2, 0.25) is 5.91 Å². The van der Waals surface area contributed by atoms with Crippen molar-refractivity contribution in [1.82, 2.24) is 15.1 Å². The number of hydrogen-bond donors (Lipinski definition) is 1. The number of ether oxygens (including phenoxy) is 1. The highest BCUT2D eigenvalue weighted by atomic mass is 19.1. The van der Waals surface area contributed by atoms with E-state index in [9.17, 15) is 18.8 Å². The number of amides is 4. The number of hydrogen-bond acceptors (Lipinski definition) is 4. The van der Waals surface area contributed by atoms with E-state index in [0.717, 1.165) is 30.6 Å². The first-order valence-electron chi connectivity index (χ1n) is 10.1. The first-order chi connectivity index (χ1) is 13.8. The van der Waals surface area contributed by atoms with Gasteiger partial charge in [0.1, 0.15) is 17.9 Å². The molecule has 156 valence electrons. The highest BCUT2D eigenvalue weighted by molar-refractivity contribution is 6.09. The van der Waals surface area contributed by atoms with Crippen molar-refractivity contribution in [2.45, 2.75) is 50.2 Å². The summed E-state index contributed by atoms with van der Waals surface area (Å²) in [6, 6.07) is 4.80. The molecular weight excluding hydrogens is 377 g/mol. The van der Waals surface area contributed by atoms with Crippen LogP contribution < -0.4 is 5.32 Å². The smallest absolute Gasteiger partial charge is 0.325 e. The first kappa shape index (κ1) is 19.8. The Balaban J connectivity index is 1.46. The number of nitrogens with one attached hydrogen (secondary N) is 1. The van der Waals surface area contributed by atoms with Crippen molar-refractivity contribution in [2.75, 3.05) is 26.2 Å². The van der Waals surface area contributed by atoms with Gasteiger partial charge in [0.05, 0.1) is 12.2 Å². The molecule has 4 amide bonds. The molecule has 1 aliphatic carbocycles. The number of rotatable bonds is 3. The average Bonchev–Trinajstić information content (AvgIpc) is 2.93. The third-order valence-electron chi connectivity index (χ3n) is 6.36. The number of carbonyl (C=O) groups excluding carboxylic acids is 3. The van der Waals surface area contributed by atoms with Crippen LogP contribution in [0, 0.1) is 5.82 Å². The molecule has 1 aromatic carbocycles. The molecule has 2 heterocycles. The zero-order valence-electron chi connectivity index (χ0n) is 16.6. The zero-order valence-corrected chi connectivity index (χ0v) is 16.6. The lowest BCUT2D eigenvalue weighted by Gasteiger charge is -2.45. The second kappa shape index (κ2) is 7.40. The number of imide groups is 1. The average molecular weight is 403 g/mol. The Labute approximate surface area is 169 Å². The topological polar surface area (TPSA) is 79.0 Å². The number of nitrogens with zero attached hydrogens (tertiary/aromatic N) is 2. The summed E-state index contributed by atoms with van der Waals surface area (Å²) in [5.41, 5.74) is -1.13. The lowest BCUT2D eigenvalue weighted by Crippen LogP contribution is -2.56. The largest absolute Gasteiger partial charge is 0.371 e. The van der Waals surface area contributed by atoms with Crippen molar-refractivity contribution in [1.29, 1.82) is 0 Å². The molecule has 4 rings (SSSR count). The predicted octanol–water partition coefficient (Wildman–Crippen LogP) is 2.15. The van der Waals surface area contributed by atoms with Gasteiger partial charge in [-0.3, -0.25) is 14.5 Å². The van der Waals surface area contributed by atoms with Crippen molar-refractivity contribution in [3.05, 3.63) is 35.6 Å². The van der Waals surface area contributed by atoms with Gasteiger partial charge in [-0.2, -0.15) is 0 Å². The van der Waals surface area contributed by atoms with E-state index in [1.807, 2.05) is 0 Å². The third-order valence-corrected chi connectivity index (χ3v) is 6.36. The van der Waals surface area contributed by atoms with Gasteiger partial charge in [-0.15, -0.1) is 0 Å². The van der Waals surface area contributed by atoms with E-state index in [1.165, 1.54) is 30.7 Å². The van der Waals surface area contributed by atoms with Gasteiger partial charge in [-0.25, -0.2) is 9.18 Å². The Morgan fingerprint density at radius 3 is 2.55 bits per heavy atom. The lowest BCUT2D eigenvalue weighted by molar-refractivity contribution is -0.157. The molecule has 1 aromatic rings. The highest BCUT2D eigenvalue weighted by Crippen LogP contribution is 2.35. The van der Waals surface area contributed by atoms with Crippen LogP contribution in [-0.4, -0.2) is 59.5 Å². The highest BCUT2D eigenvalue weighted by Gasteiger charge is 2.50. The first-order valence-corrected chi connectivity index (χ1v) is 10.1. The summed E-state index contributed by atoms with van der Waals surface area (Å²) >= 11 is 0. The Hall–Kier alpha value is -2.48. The quantitative estimate of drug-likeness (QED) is 0.785. The van der Waals surface area contributed by atoms with E-state index in [4.69, 9.17) is 4.74 Å². The van der Waals surface area contributed by atoms with Gasteiger partial charge in [0.25, 0.3) is 5.91 Å². The molecule has 8 heteroatoms. The lowest BCUT2D eigenvalue weighted by atomic mass is 9.83. The molecule has 3 fully saturated rings. The molecule has 3 aliphatic rings. The van der Waals surface area contributed by atoms with Crippen LogP contribution in [0.15, 0.2) is 24.3 Å². The second-order valence-corrected chi connectivity index (χ2v) is 8.36. The van der Waals surface area contributed by atoms with Gasteiger partial charge in [-0.1, -0.05) is 31.4 Å². The summed E-state index contributed by atoms with van der Waals surface area (Å²) in [5, 5.41) is 2.65.